The molecule has 4 rings (SSSR count). The number of aryl methyl sites for hydroxylation is 1. The quantitative estimate of drug-likeness (QED) is 0.482. The van der Waals surface area contributed by atoms with E-state index in [0.717, 1.165) is 39.7 Å². The zero-order valence-corrected chi connectivity index (χ0v) is 16.8. The van der Waals surface area contributed by atoms with E-state index in [1.807, 2.05) is 73.7 Å². The topological polar surface area (TPSA) is 42.0 Å². The second-order valence-corrected chi connectivity index (χ2v) is 7.15. The van der Waals surface area contributed by atoms with Gasteiger partial charge in [-0.1, -0.05) is 79.7 Å². The fraction of sp³-hybridized carbons (Fsp3) is 0.154. The lowest BCUT2D eigenvalue weighted by Crippen LogP contribution is -2.25. The molecule has 0 atom stereocenters. The molecule has 0 aliphatic heterocycles. The Hall–Kier alpha value is -3.46. The first-order valence-electron chi connectivity index (χ1n) is 9.98. The van der Waals surface area contributed by atoms with Crippen molar-refractivity contribution in [3.05, 3.63) is 101 Å². The molecule has 29 heavy (non-hydrogen) atoms. The molecule has 4 aromatic rings. The highest BCUT2D eigenvalue weighted by molar-refractivity contribution is 6.08. The molecular formula is C26H24N2O. The largest absolute Gasteiger partial charge is 0.348 e. The highest BCUT2D eigenvalue weighted by atomic mass is 16.1. The van der Waals surface area contributed by atoms with Crippen molar-refractivity contribution < 1.29 is 4.79 Å². The van der Waals surface area contributed by atoms with Crippen molar-refractivity contribution in [3.8, 4) is 11.3 Å². The molecule has 3 nitrogen and oxygen atoms in total. The molecule has 0 bridgehead atoms. The molecule has 0 saturated carbocycles. The number of fused-ring (bicyclic) bond motifs is 1. The summed E-state index contributed by atoms with van der Waals surface area (Å²) in [6.07, 6.45) is 0.946. The molecular weight excluding hydrogens is 356 g/mol. The molecule has 0 aliphatic carbocycles. The van der Waals surface area contributed by atoms with Crippen LogP contribution in [0, 0.1) is 6.92 Å². The van der Waals surface area contributed by atoms with Gasteiger partial charge in [-0.15, -0.1) is 0 Å². The first kappa shape index (κ1) is 18.9. The Balaban J connectivity index is 1.76. The van der Waals surface area contributed by atoms with Crippen molar-refractivity contribution in [2.45, 2.75) is 26.8 Å². The summed E-state index contributed by atoms with van der Waals surface area (Å²) in [4.78, 5) is 18.2. The Morgan fingerprint density at radius 2 is 1.52 bits per heavy atom. The van der Waals surface area contributed by atoms with Crippen LogP contribution in [0.25, 0.3) is 22.2 Å². The Morgan fingerprint density at radius 3 is 2.28 bits per heavy atom. The minimum Gasteiger partial charge on any atom is -0.348 e. The number of rotatable bonds is 5. The van der Waals surface area contributed by atoms with Crippen LogP contribution in [0.1, 0.15) is 34.0 Å². The average molecular weight is 380 g/mol. The summed E-state index contributed by atoms with van der Waals surface area (Å²) in [5.74, 6) is -0.0656. The number of benzene rings is 3. The van der Waals surface area contributed by atoms with Crippen LogP contribution in [0.2, 0.25) is 0 Å². The van der Waals surface area contributed by atoms with Gasteiger partial charge in [-0.2, -0.15) is 0 Å². The van der Waals surface area contributed by atoms with E-state index in [1.54, 1.807) is 0 Å². The van der Waals surface area contributed by atoms with Crippen molar-refractivity contribution in [1.82, 2.24) is 10.3 Å². The van der Waals surface area contributed by atoms with Crippen LogP contribution in [-0.2, 0) is 13.0 Å². The normalized spacial score (nSPS) is 10.8. The van der Waals surface area contributed by atoms with Gasteiger partial charge in [-0.3, -0.25) is 4.79 Å². The average Bonchev–Trinajstić information content (AvgIpc) is 2.77. The van der Waals surface area contributed by atoms with Crippen LogP contribution in [0.15, 0.2) is 78.9 Å². The summed E-state index contributed by atoms with van der Waals surface area (Å²) < 4.78 is 0. The third kappa shape index (κ3) is 3.77. The van der Waals surface area contributed by atoms with Gasteiger partial charge in [-0.25, -0.2) is 4.98 Å². The number of hydrogen-bond acceptors (Lipinski definition) is 2. The van der Waals surface area contributed by atoms with Gasteiger partial charge in [-0.05, 0) is 36.1 Å². The van der Waals surface area contributed by atoms with E-state index in [9.17, 15) is 4.79 Å². The number of pyridine rings is 1. The molecule has 0 aliphatic rings. The highest BCUT2D eigenvalue weighted by Crippen LogP contribution is 2.29. The zero-order chi connectivity index (χ0) is 20.2. The fourth-order valence-corrected chi connectivity index (χ4v) is 3.82. The lowest BCUT2D eigenvalue weighted by Gasteiger charge is -2.15. The number of aromatic nitrogens is 1. The maximum Gasteiger partial charge on any atom is 0.252 e. The Labute approximate surface area is 171 Å². The fourth-order valence-electron chi connectivity index (χ4n) is 3.82. The standard InChI is InChI=1S/C26H24N2O/c1-3-19-11-7-8-14-21(19)17-27-26(29)24-18(2)25(20-12-5-4-6-13-20)28-23-16-10-9-15-22(23)24/h4-16H,3,17H2,1-2H3,(H,27,29). The van der Waals surface area contributed by atoms with Gasteiger partial charge in [0.05, 0.1) is 16.8 Å². The Morgan fingerprint density at radius 1 is 0.862 bits per heavy atom. The number of nitrogens with one attached hydrogen (secondary N) is 1. The zero-order valence-electron chi connectivity index (χ0n) is 16.8. The van der Waals surface area contributed by atoms with Crippen LogP contribution in [-0.4, -0.2) is 10.9 Å². The van der Waals surface area contributed by atoms with E-state index in [4.69, 9.17) is 4.98 Å². The first-order chi connectivity index (χ1) is 14.2. The predicted molar refractivity (Wildman–Crippen MR) is 119 cm³/mol. The van der Waals surface area contributed by atoms with E-state index in [0.29, 0.717) is 12.1 Å². The SMILES string of the molecule is CCc1ccccc1CNC(=O)c1c(C)c(-c2ccccc2)nc2ccccc12. The monoisotopic (exact) mass is 380 g/mol. The first-order valence-corrected chi connectivity index (χ1v) is 9.98. The summed E-state index contributed by atoms with van der Waals surface area (Å²) in [6.45, 7) is 4.63. The molecule has 3 aromatic carbocycles. The maximum atomic E-state index is 13.3. The van der Waals surface area contributed by atoms with Gasteiger partial charge in [0.15, 0.2) is 0 Å². The van der Waals surface area contributed by atoms with E-state index >= 15 is 0 Å². The summed E-state index contributed by atoms with van der Waals surface area (Å²) in [5.41, 5.74) is 6.71. The van der Waals surface area contributed by atoms with E-state index in [-0.39, 0.29) is 5.91 Å². The van der Waals surface area contributed by atoms with Gasteiger partial charge in [0.2, 0.25) is 0 Å². The molecule has 3 heteroatoms. The van der Waals surface area contributed by atoms with Crippen molar-refractivity contribution in [3.63, 3.8) is 0 Å². The summed E-state index contributed by atoms with van der Waals surface area (Å²) in [7, 11) is 0. The predicted octanol–water partition coefficient (Wildman–Crippen LogP) is 5.70. The summed E-state index contributed by atoms with van der Waals surface area (Å²) in [6, 6.07) is 26.1. The smallest absolute Gasteiger partial charge is 0.252 e. The lowest BCUT2D eigenvalue weighted by atomic mass is 9.97. The minimum absolute atomic E-state index is 0.0656. The minimum atomic E-state index is -0.0656. The van der Waals surface area contributed by atoms with Crippen molar-refractivity contribution >= 4 is 16.8 Å². The van der Waals surface area contributed by atoms with Crippen molar-refractivity contribution in [2.24, 2.45) is 0 Å². The number of hydrogen-bond donors (Lipinski definition) is 1. The molecule has 0 radical (unpaired) electrons. The molecule has 1 heterocycles. The molecule has 144 valence electrons. The van der Waals surface area contributed by atoms with Crippen LogP contribution < -0.4 is 5.32 Å². The van der Waals surface area contributed by atoms with Gasteiger partial charge in [0, 0.05) is 17.5 Å². The third-order valence-corrected chi connectivity index (χ3v) is 5.35. The molecule has 0 fully saturated rings. The van der Waals surface area contributed by atoms with Crippen LogP contribution in [0.3, 0.4) is 0 Å². The summed E-state index contributed by atoms with van der Waals surface area (Å²) >= 11 is 0. The van der Waals surface area contributed by atoms with Gasteiger partial charge < -0.3 is 5.32 Å². The van der Waals surface area contributed by atoms with Gasteiger partial charge in [0.25, 0.3) is 5.91 Å². The Kier molecular flexibility index (Phi) is 5.39. The number of carbonyl (C=O) groups excluding carboxylic acids is 1. The number of nitrogens with zero attached hydrogens (tertiary/aromatic N) is 1. The van der Waals surface area contributed by atoms with E-state index in [1.165, 1.54) is 5.56 Å². The lowest BCUT2D eigenvalue weighted by molar-refractivity contribution is 0.0952. The highest BCUT2D eigenvalue weighted by Gasteiger charge is 2.18. The van der Waals surface area contributed by atoms with Crippen molar-refractivity contribution in [2.75, 3.05) is 0 Å². The third-order valence-electron chi connectivity index (χ3n) is 5.35. The van der Waals surface area contributed by atoms with Crippen LogP contribution in [0.4, 0.5) is 0 Å². The molecule has 1 N–H and O–H groups in total. The van der Waals surface area contributed by atoms with Gasteiger partial charge in [0.1, 0.15) is 0 Å². The van der Waals surface area contributed by atoms with Crippen LogP contribution >= 0.6 is 0 Å². The number of amides is 1. The van der Waals surface area contributed by atoms with Crippen LogP contribution in [0.5, 0.6) is 0 Å². The molecule has 0 saturated heterocycles. The maximum absolute atomic E-state index is 13.3. The van der Waals surface area contributed by atoms with Gasteiger partial charge >= 0.3 is 0 Å². The molecule has 0 unspecified atom stereocenters. The second-order valence-electron chi connectivity index (χ2n) is 7.15. The number of para-hydroxylation sites is 1. The van der Waals surface area contributed by atoms with E-state index < -0.39 is 0 Å². The second kappa shape index (κ2) is 8.27. The number of carbonyl (C=O) groups is 1. The Bertz CT molecular complexity index is 1170. The molecule has 0 spiro atoms. The van der Waals surface area contributed by atoms with E-state index in [2.05, 4.69) is 24.4 Å². The molecule has 1 aromatic heterocycles. The molecule has 1 amide bonds. The summed E-state index contributed by atoms with van der Waals surface area (Å²) in [5, 5.41) is 4.02. The van der Waals surface area contributed by atoms with Crippen molar-refractivity contribution in [1.29, 1.82) is 0 Å².